The maximum absolute atomic E-state index is 5.68. The van der Waals surface area contributed by atoms with Gasteiger partial charge in [-0.1, -0.05) is 13.8 Å². The van der Waals surface area contributed by atoms with Crippen LogP contribution in [0.4, 0.5) is 0 Å². The third-order valence-corrected chi connectivity index (χ3v) is 4.34. The Morgan fingerprint density at radius 1 is 1.47 bits per heavy atom. The zero-order valence-corrected chi connectivity index (χ0v) is 9.55. The van der Waals surface area contributed by atoms with Crippen LogP contribution in [0.2, 0.25) is 0 Å². The normalized spacial score (nSPS) is 27.8. The molecule has 1 atom stereocenters. The molecule has 2 heteroatoms. The van der Waals surface area contributed by atoms with Gasteiger partial charge in [-0.2, -0.15) is 0 Å². The van der Waals surface area contributed by atoms with Gasteiger partial charge in [-0.25, -0.2) is 0 Å². The van der Waals surface area contributed by atoms with Crippen molar-refractivity contribution < 1.29 is 4.42 Å². The van der Waals surface area contributed by atoms with E-state index in [0.29, 0.717) is 11.5 Å². The van der Waals surface area contributed by atoms with Crippen molar-refractivity contribution in [2.24, 2.45) is 11.3 Å². The fourth-order valence-electron chi connectivity index (χ4n) is 3.06. The highest BCUT2D eigenvalue weighted by atomic mass is 16.3. The molecular weight excluding hydrogens is 186 g/mol. The minimum Gasteiger partial charge on any atom is -0.467 e. The van der Waals surface area contributed by atoms with Crippen molar-refractivity contribution in [3.63, 3.8) is 0 Å². The van der Waals surface area contributed by atoms with Gasteiger partial charge in [0.25, 0.3) is 0 Å². The van der Waals surface area contributed by atoms with Gasteiger partial charge >= 0.3 is 0 Å². The summed E-state index contributed by atoms with van der Waals surface area (Å²) in [5.41, 5.74) is 1.90. The first kappa shape index (κ1) is 9.46. The van der Waals surface area contributed by atoms with Crippen molar-refractivity contribution in [2.45, 2.75) is 39.2 Å². The lowest BCUT2D eigenvalue weighted by Crippen LogP contribution is -2.37. The van der Waals surface area contributed by atoms with E-state index in [0.717, 1.165) is 18.9 Å². The Morgan fingerprint density at radius 3 is 2.93 bits per heavy atom. The number of fused-ring (bicyclic) bond motifs is 1. The second-order valence-electron chi connectivity index (χ2n) is 5.34. The van der Waals surface area contributed by atoms with Crippen molar-refractivity contribution >= 4 is 0 Å². The molecule has 1 fully saturated rings. The van der Waals surface area contributed by atoms with Crippen LogP contribution >= 0.6 is 0 Å². The van der Waals surface area contributed by atoms with Gasteiger partial charge in [-0.3, -0.25) is 0 Å². The highest BCUT2D eigenvalue weighted by Crippen LogP contribution is 2.60. The van der Waals surface area contributed by atoms with Crippen molar-refractivity contribution in [3.8, 4) is 0 Å². The van der Waals surface area contributed by atoms with Crippen molar-refractivity contribution in [1.82, 2.24) is 5.32 Å². The molecule has 0 aromatic carbocycles. The Labute approximate surface area is 91.0 Å². The molecule has 1 aliphatic carbocycles. The number of hydrogen-bond acceptors (Lipinski definition) is 2. The summed E-state index contributed by atoms with van der Waals surface area (Å²) >= 11 is 0. The van der Waals surface area contributed by atoms with Crippen LogP contribution in [-0.4, -0.2) is 6.54 Å². The van der Waals surface area contributed by atoms with Gasteiger partial charge in [-0.05, 0) is 42.2 Å². The van der Waals surface area contributed by atoms with Crippen LogP contribution in [0.1, 0.15) is 44.1 Å². The van der Waals surface area contributed by atoms with E-state index in [1.807, 2.05) is 6.26 Å². The Balaban J connectivity index is 1.96. The molecule has 82 valence electrons. The van der Waals surface area contributed by atoms with Crippen LogP contribution in [0.15, 0.2) is 16.7 Å². The summed E-state index contributed by atoms with van der Waals surface area (Å²) < 4.78 is 5.68. The van der Waals surface area contributed by atoms with Gasteiger partial charge in [0.2, 0.25) is 0 Å². The molecule has 1 saturated carbocycles. The fourth-order valence-corrected chi connectivity index (χ4v) is 3.06. The molecule has 1 aromatic heterocycles. The first-order valence-electron chi connectivity index (χ1n) is 6.04. The second-order valence-corrected chi connectivity index (χ2v) is 5.34. The molecule has 2 nitrogen and oxygen atoms in total. The predicted molar refractivity (Wildman–Crippen MR) is 59.7 cm³/mol. The Bertz CT molecular complexity index is 362. The molecule has 1 N–H and O–H groups in total. The van der Waals surface area contributed by atoms with Crippen LogP contribution < -0.4 is 5.32 Å². The minimum atomic E-state index is 0.469. The van der Waals surface area contributed by atoms with Gasteiger partial charge in [0, 0.05) is 6.54 Å². The molecule has 0 radical (unpaired) electrons. The first-order valence-corrected chi connectivity index (χ1v) is 6.04. The van der Waals surface area contributed by atoms with Crippen molar-refractivity contribution in [1.29, 1.82) is 0 Å². The van der Waals surface area contributed by atoms with E-state index in [-0.39, 0.29) is 0 Å². The van der Waals surface area contributed by atoms with E-state index in [1.165, 1.54) is 24.2 Å². The molecule has 2 heterocycles. The molecule has 0 amide bonds. The highest BCUT2D eigenvalue weighted by molar-refractivity contribution is 5.27. The van der Waals surface area contributed by atoms with E-state index >= 15 is 0 Å². The monoisotopic (exact) mass is 205 g/mol. The summed E-state index contributed by atoms with van der Waals surface area (Å²) in [6, 6.07) is 2.61. The SMILES string of the molecule is CC(C)C1(C2NCCc3ccoc32)CC1. The zero-order chi connectivity index (χ0) is 10.5. The molecule has 1 unspecified atom stereocenters. The molecule has 1 aliphatic heterocycles. The van der Waals surface area contributed by atoms with Crippen molar-refractivity contribution in [3.05, 3.63) is 23.7 Å². The number of rotatable bonds is 2. The van der Waals surface area contributed by atoms with Gasteiger partial charge in [0.05, 0.1) is 12.3 Å². The summed E-state index contributed by atoms with van der Waals surface area (Å²) in [6.07, 6.45) is 5.67. The molecule has 0 saturated heterocycles. The summed E-state index contributed by atoms with van der Waals surface area (Å²) in [5.74, 6) is 1.96. The lowest BCUT2D eigenvalue weighted by atomic mass is 9.81. The lowest BCUT2D eigenvalue weighted by Gasteiger charge is -2.33. The average molecular weight is 205 g/mol. The van der Waals surface area contributed by atoms with Crippen LogP contribution in [0, 0.1) is 11.3 Å². The number of hydrogen-bond donors (Lipinski definition) is 1. The maximum atomic E-state index is 5.68. The van der Waals surface area contributed by atoms with Crippen LogP contribution in [0.5, 0.6) is 0 Å². The summed E-state index contributed by atoms with van der Waals surface area (Å²) in [4.78, 5) is 0. The van der Waals surface area contributed by atoms with Gasteiger partial charge in [0.1, 0.15) is 5.76 Å². The second kappa shape index (κ2) is 3.11. The van der Waals surface area contributed by atoms with Crippen LogP contribution in [0.25, 0.3) is 0 Å². The number of furan rings is 1. The Morgan fingerprint density at radius 2 is 2.27 bits per heavy atom. The fraction of sp³-hybridized carbons (Fsp3) is 0.692. The van der Waals surface area contributed by atoms with E-state index in [4.69, 9.17) is 4.42 Å². The van der Waals surface area contributed by atoms with E-state index in [2.05, 4.69) is 25.2 Å². The standard InChI is InChI=1S/C13H19NO/c1-9(2)13(5-6-13)12-11-10(3-7-14-12)4-8-15-11/h4,8-9,12,14H,3,5-7H2,1-2H3. The number of nitrogens with one attached hydrogen (secondary N) is 1. The third kappa shape index (κ3) is 1.27. The summed E-state index contributed by atoms with van der Waals surface area (Å²) in [5, 5.41) is 3.65. The molecule has 0 bridgehead atoms. The van der Waals surface area contributed by atoms with Crippen LogP contribution in [0.3, 0.4) is 0 Å². The first-order chi connectivity index (χ1) is 7.24. The van der Waals surface area contributed by atoms with E-state index in [1.54, 1.807) is 0 Å². The molecule has 15 heavy (non-hydrogen) atoms. The predicted octanol–water partition coefficient (Wildman–Crippen LogP) is 2.90. The molecule has 2 aliphatic rings. The topological polar surface area (TPSA) is 25.2 Å². The van der Waals surface area contributed by atoms with Crippen molar-refractivity contribution in [2.75, 3.05) is 6.54 Å². The third-order valence-electron chi connectivity index (χ3n) is 4.34. The maximum Gasteiger partial charge on any atom is 0.124 e. The van der Waals surface area contributed by atoms with Crippen LogP contribution in [-0.2, 0) is 6.42 Å². The molecule has 3 rings (SSSR count). The largest absolute Gasteiger partial charge is 0.467 e. The quantitative estimate of drug-likeness (QED) is 0.803. The summed E-state index contributed by atoms with van der Waals surface area (Å²) in [6.45, 7) is 5.78. The summed E-state index contributed by atoms with van der Waals surface area (Å²) in [7, 11) is 0. The highest BCUT2D eigenvalue weighted by Gasteiger charge is 2.54. The van der Waals surface area contributed by atoms with Gasteiger partial charge < -0.3 is 9.73 Å². The van der Waals surface area contributed by atoms with Gasteiger partial charge in [0.15, 0.2) is 0 Å². The average Bonchev–Trinajstić information content (AvgIpc) is 2.89. The smallest absolute Gasteiger partial charge is 0.124 e. The zero-order valence-electron chi connectivity index (χ0n) is 9.55. The molecular formula is C13H19NO. The molecule has 1 aromatic rings. The Hall–Kier alpha value is -0.760. The lowest BCUT2D eigenvalue weighted by molar-refractivity contribution is 0.215. The molecule has 0 spiro atoms. The van der Waals surface area contributed by atoms with Gasteiger partial charge in [-0.15, -0.1) is 0 Å². The minimum absolute atomic E-state index is 0.469. The van der Waals surface area contributed by atoms with E-state index in [9.17, 15) is 0 Å². The van der Waals surface area contributed by atoms with E-state index < -0.39 is 0 Å². The Kier molecular flexibility index (Phi) is 1.96.